The van der Waals surface area contributed by atoms with Gasteiger partial charge in [-0.05, 0) is 36.2 Å². The fourth-order valence-corrected chi connectivity index (χ4v) is 3.99. The molecule has 31 heavy (non-hydrogen) atoms. The molecule has 1 fully saturated rings. The van der Waals surface area contributed by atoms with E-state index in [1.54, 1.807) is 0 Å². The van der Waals surface area contributed by atoms with Crippen LogP contribution in [-0.2, 0) is 16.0 Å². The molecule has 5 heteroatoms. The molecule has 0 atom stereocenters. The van der Waals surface area contributed by atoms with Crippen LogP contribution in [0.1, 0.15) is 51.0 Å². The minimum absolute atomic E-state index is 0.0132. The molecular weight excluding hydrogens is 386 g/mol. The number of amides is 2. The number of carbonyl (C=O) groups excluding carboxylic acids is 2. The number of anilines is 2. The van der Waals surface area contributed by atoms with Gasteiger partial charge in [-0.25, -0.2) is 0 Å². The fourth-order valence-electron chi connectivity index (χ4n) is 3.99. The number of rotatable bonds is 10. The van der Waals surface area contributed by atoms with E-state index in [1.165, 1.54) is 19.3 Å². The molecule has 0 aliphatic carbocycles. The Hall–Kier alpha value is -2.82. The van der Waals surface area contributed by atoms with Gasteiger partial charge in [0.2, 0.25) is 11.8 Å². The first-order chi connectivity index (χ1) is 15.2. The topological polar surface area (TPSA) is 52.7 Å². The Kier molecular flexibility index (Phi) is 8.95. The Morgan fingerprint density at radius 2 is 1.52 bits per heavy atom. The highest BCUT2D eigenvalue weighted by Gasteiger charge is 2.20. The second-order valence-electron chi connectivity index (χ2n) is 8.29. The zero-order valence-corrected chi connectivity index (χ0v) is 18.7. The molecule has 2 aromatic carbocycles. The number of benzene rings is 2. The normalized spacial score (nSPS) is 13.8. The molecule has 1 aliphatic heterocycles. The molecule has 0 aromatic heterocycles. The Morgan fingerprint density at radius 1 is 0.839 bits per heavy atom. The summed E-state index contributed by atoms with van der Waals surface area (Å²) < 4.78 is 0. The molecule has 0 unspecified atom stereocenters. The maximum absolute atomic E-state index is 12.4. The minimum Gasteiger partial charge on any atom is -0.368 e. The Labute approximate surface area is 186 Å². The van der Waals surface area contributed by atoms with Crippen molar-refractivity contribution in [2.75, 3.05) is 36.4 Å². The van der Waals surface area contributed by atoms with Crippen LogP contribution in [0.3, 0.4) is 0 Å². The maximum atomic E-state index is 12.4. The first kappa shape index (κ1) is 22.9. The van der Waals surface area contributed by atoms with Crippen LogP contribution in [0.15, 0.2) is 54.6 Å². The molecule has 1 saturated heterocycles. The lowest BCUT2D eigenvalue weighted by Gasteiger charge is -2.36. The summed E-state index contributed by atoms with van der Waals surface area (Å²) in [5.41, 5.74) is 2.94. The average molecular weight is 422 g/mol. The van der Waals surface area contributed by atoms with E-state index in [0.29, 0.717) is 18.7 Å². The van der Waals surface area contributed by atoms with Crippen molar-refractivity contribution < 1.29 is 9.59 Å². The third kappa shape index (κ3) is 7.42. The average Bonchev–Trinajstić information content (AvgIpc) is 2.80. The largest absolute Gasteiger partial charge is 0.368 e. The highest BCUT2D eigenvalue weighted by atomic mass is 16.2. The van der Waals surface area contributed by atoms with Crippen LogP contribution < -0.4 is 10.2 Å². The van der Waals surface area contributed by atoms with E-state index in [2.05, 4.69) is 17.1 Å². The van der Waals surface area contributed by atoms with Crippen LogP contribution in [0.5, 0.6) is 0 Å². The van der Waals surface area contributed by atoms with Crippen molar-refractivity contribution in [1.82, 2.24) is 4.90 Å². The van der Waals surface area contributed by atoms with E-state index in [4.69, 9.17) is 0 Å². The van der Waals surface area contributed by atoms with Gasteiger partial charge in [-0.1, -0.05) is 62.9 Å². The summed E-state index contributed by atoms with van der Waals surface area (Å²) in [6.45, 7) is 5.47. The molecular formula is C26H35N3O2. The Morgan fingerprint density at radius 3 is 2.19 bits per heavy atom. The summed E-state index contributed by atoms with van der Waals surface area (Å²) in [7, 11) is 0. The number of hydrogen-bond acceptors (Lipinski definition) is 3. The maximum Gasteiger partial charge on any atom is 0.228 e. The summed E-state index contributed by atoms with van der Waals surface area (Å²) >= 11 is 0. The number of piperazine rings is 1. The van der Waals surface area contributed by atoms with Crippen LogP contribution in [0.25, 0.3) is 0 Å². The van der Waals surface area contributed by atoms with E-state index in [1.807, 2.05) is 59.5 Å². The summed E-state index contributed by atoms with van der Waals surface area (Å²) in [5, 5.41) is 2.96. The minimum atomic E-state index is -0.0132. The van der Waals surface area contributed by atoms with Crippen LogP contribution in [0, 0.1) is 0 Å². The van der Waals surface area contributed by atoms with Gasteiger partial charge in [0, 0.05) is 44.0 Å². The van der Waals surface area contributed by atoms with Crippen molar-refractivity contribution in [3.63, 3.8) is 0 Å². The van der Waals surface area contributed by atoms with Gasteiger partial charge in [-0.15, -0.1) is 0 Å². The molecule has 5 nitrogen and oxygen atoms in total. The molecule has 1 heterocycles. The summed E-state index contributed by atoms with van der Waals surface area (Å²) in [5.74, 6) is 0.286. The summed E-state index contributed by atoms with van der Waals surface area (Å²) in [4.78, 5) is 29.0. The van der Waals surface area contributed by atoms with Gasteiger partial charge in [0.1, 0.15) is 0 Å². The van der Waals surface area contributed by atoms with Crippen molar-refractivity contribution in [3.8, 4) is 0 Å². The summed E-state index contributed by atoms with van der Waals surface area (Å²) in [6.07, 6.45) is 6.96. The molecule has 3 rings (SSSR count). The van der Waals surface area contributed by atoms with Gasteiger partial charge >= 0.3 is 0 Å². The van der Waals surface area contributed by atoms with Crippen LogP contribution in [-0.4, -0.2) is 42.9 Å². The lowest BCUT2D eigenvalue weighted by atomic mass is 10.1. The second-order valence-corrected chi connectivity index (χ2v) is 8.29. The van der Waals surface area contributed by atoms with Crippen molar-refractivity contribution in [3.05, 3.63) is 60.2 Å². The van der Waals surface area contributed by atoms with Crippen molar-refractivity contribution in [1.29, 1.82) is 0 Å². The first-order valence-corrected chi connectivity index (χ1v) is 11.6. The standard InChI is InChI=1S/C26H35N3O2/c1-2-3-4-5-9-12-26(31)29-19-17-28(18-20-29)24-15-13-23(14-16-24)27-25(30)21-22-10-7-6-8-11-22/h6-8,10-11,13-16H,2-5,9,12,17-21H2,1H3,(H,27,30). The summed E-state index contributed by atoms with van der Waals surface area (Å²) in [6, 6.07) is 17.7. The Bertz CT molecular complexity index is 812. The smallest absolute Gasteiger partial charge is 0.228 e. The van der Waals surface area contributed by atoms with E-state index in [9.17, 15) is 9.59 Å². The van der Waals surface area contributed by atoms with Crippen LogP contribution in [0.4, 0.5) is 11.4 Å². The van der Waals surface area contributed by atoms with Crippen molar-refractivity contribution in [2.45, 2.75) is 51.9 Å². The van der Waals surface area contributed by atoms with Crippen LogP contribution >= 0.6 is 0 Å². The van der Waals surface area contributed by atoms with Gasteiger partial charge in [0.05, 0.1) is 6.42 Å². The predicted molar refractivity (Wildman–Crippen MR) is 127 cm³/mol. The molecule has 0 saturated carbocycles. The third-order valence-corrected chi connectivity index (χ3v) is 5.85. The number of nitrogens with zero attached hydrogens (tertiary/aromatic N) is 2. The molecule has 2 aromatic rings. The van der Waals surface area contributed by atoms with Gasteiger partial charge in [-0.3, -0.25) is 9.59 Å². The van der Waals surface area contributed by atoms with E-state index < -0.39 is 0 Å². The van der Waals surface area contributed by atoms with E-state index in [0.717, 1.165) is 56.0 Å². The molecule has 2 amide bonds. The number of unbranched alkanes of at least 4 members (excludes halogenated alkanes) is 4. The SMILES string of the molecule is CCCCCCCC(=O)N1CCN(c2ccc(NC(=O)Cc3ccccc3)cc2)CC1. The van der Waals surface area contributed by atoms with E-state index >= 15 is 0 Å². The predicted octanol–water partition coefficient (Wildman–Crippen LogP) is 4.88. The lowest BCUT2D eigenvalue weighted by Crippen LogP contribution is -2.48. The molecule has 0 radical (unpaired) electrons. The zero-order valence-electron chi connectivity index (χ0n) is 18.7. The third-order valence-electron chi connectivity index (χ3n) is 5.85. The van der Waals surface area contributed by atoms with Crippen molar-refractivity contribution in [2.24, 2.45) is 0 Å². The molecule has 1 N–H and O–H groups in total. The number of hydrogen-bond donors (Lipinski definition) is 1. The number of carbonyl (C=O) groups is 2. The highest BCUT2D eigenvalue weighted by Crippen LogP contribution is 2.20. The molecule has 1 aliphatic rings. The van der Waals surface area contributed by atoms with Gasteiger partial charge in [0.15, 0.2) is 0 Å². The Balaban J connectivity index is 1.40. The molecule has 166 valence electrons. The van der Waals surface area contributed by atoms with Crippen LogP contribution in [0.2, 0.25) is 0 Å². The lowest BCUT2D eigenvalue weighted by molar-refractivity contribution is -0.131. The first-order valence-electron chi connectivity index (χ1n) is 11.6. The monoisotopic (exact) mass is 421 g/mol. The fraction of sp³-hybridized carbons (Fsp3) is 0.462. The van der Waals surface area contributed by atoms with Crippen molar-refractivity contribution >= 4 is 23.2 Å². The van der Waals surface area contributed by atoms with E-state index in [-0.39, 0.29) is 5.91 Å². The van der Waals surface area contributed by atoms with Gasteiger partial charge in [-0.2, -0.15) is 0 Å². The second kappa shape index (κ2) is 12.1. The van der Waals surface area contributed by atoms with Gasteiger partial charge < -0.3 is 15.1 Å². The molecule has 0 spiro atoms. The highest BCUT2D eigenvalue weighted by molar-refractivity contribution is 5.92. The number of nitrogens with one attached hydrogen (secondary N) is 1. The quantitative estimate of drug-likeness (QED) is 0.557. The van der Waals surface area contributed by atoms with Gasteiger partial charge in [0.25, 0.3) is 0 Å². The zero-order chi connectivity index (χ0) is 21.9. The molecule has 0 bridgehead atoms.